The van der Waals surface area contributed by atoms with Crippen molar-refractivity contribution in [1.29, 1.82) is 0 Å². The zero-order valence-electron chi connectivity index (χ0n) is 13.2. The summed E-state index contributed by atoms with van der Waals surface area (Å²) in [6, 6.07) is 0.0330. The van der Waals surface area contributed by atoms with Crippen molar-refractivity contribution in [2.45, 2.75) is 39.7 Å². The number of rotatable bonds is 5. The van der Waals surface area contributed by atoms with E-state index in [0.29, 0.717) is 13.2 Å². The monoisotopic (exact) mass is 299 g/mol. The highest BCUT2D eigenvalue weighted by Gasteiger charge is 2.41. The minimum Gasteiger partial charge on any atom is -0.501 e. The molecule has 0 radical (unpaired) electrons. The molecule has 2 atom stereocenters. The van der Waals surface area contributed by atoms with Gasteiger partial charge in [0, 0.05) is 12.6 Å². The van der Waals surface area contributed by atoms with Crippen molar-refractivity contribution in [1.82, 2.24) is 4.90 Å². The minimum absolute atomic E-state index is 0.0330. The number of methoxy groups -OCH3 is 1. The van der Waals surface area contributed by atoms with E-state index in [9.17, 15) is 14.7 Å². The molecule has 0 aliphatic carbocycles. The minimum atomic E-state index is -0.857. The van der Waals surface area contributed by atoms with Gasteiger partial charge in [-0.15, -0.1) is 0 Å². The van der Waals surface area contributed by atoms with Gasteiger partial charge in [0.1, 0.15) is 0 Å². The Morgan fingerprint density at radius 2 is 2.05 bits per heavy atom. The van der Waals surface area contributed by atoms with E-state index >= 15 is 0 Å². The van der Waals surface area contributed by atoms with Crippen molar-refractivity contribution in [2.24, 2.45) is 11.3 Å². The van der Waals surface area contributed by atoms with Crippen molar-refractivity contribution in [2.75, 3.05) is 20.3 Å². The topological polar surface area (TPSA) is 76.1 Å². The number of carboxylic acid groups (broad SMARTS) is 1. The van der Waals surface area contributed by atoms with Crippen LogP contribution in [0.1, 0.15) is 33.6 Å². The molecule has 6 heteroatoms. The first kappa shape index (κ1) is 17.3. The molecule has 21 heavy (non-hydrogen) atoms. The summed E-state index contributed by atoms with van der Waals surface area (Å²) < 4.78 is 9.68. The fraction of sp³-hybridized carbons (Fsp3) is 0.733. The Bertz CT molecular complexity index is 399. The molecule has 1 saturated heterocycles. The van der Waals surface area contributed by atoms with Crippen molar-refractivity contribution in [3.05, 3.63) is 12.3 Å². The third-order valence-electron chi connectivity index (χ3n) is 3.78. The van der Waals surface area contributed by atoms with Crippen LogP contribution < -0.4 is 0 Å². The van der Waals surface area contributed by atoms with E-state index in [1.54, 1.807) is 0 Å². The Hall–Kier alpha value is -1.72. The lowest BCUT2D eigenvalue weighted by atomic mass is 9.83. The van der Waals surface area contributed by atoms with Crippen molar-refractivity contribution in [3.63, 3.8) is 0 Å². The Labute approximate surface area is 125 Å². The quantitative estimate of drug-likeness (QED) is 0.365. The molecule has 1 N–H and O–H groups in total. The molecule has 6 nitrogen and oxygen atoms in total. The maximum Gasteiger partial charge on any atom is 0.407 e. The average molecular weight is 299 g/mol. The summed E-state index contributed by atoms with van der Waals surface area (Å²) in [5.41, 5.74) is -0.0707. The molecule has 1 aliphatic rings. The first-order valence-corrected chi connectivity index (χ1v) is 7.11. The molecule has 0 aromatic heterocycles. The zero-order chi connectivity index (χ0) is 16.0. The van der Waals surface area contributed by atoms with Gasteiger partial charge in [-0.1, -0.05) is 20.8 Å². The van der Waals surface area contributed by atoms with E-state index in [1.165, 1.54) is 24.3 Å². The Kier molecular flexibility index (Phi) is 6.05. The van der Waals surface area contributed by atoms with Crippen LogP contribution in [0.25, 0.3) is 0 Å². The summed E-state index contributed by atoms with van der Waals surface area (Å²) in [6.45, 7) is 7.19. The Morgan fingerprint density at radius 3 is 2.52 bits per heavy atom. The molecule has 0 spiro atoms. The molecular formula is C15H25NO5. The lowest BCUT2D eigenvalue weighted by molar-refractivity contribution is -0.135. The second-order valence-electron chi connectivity index (χ2n) is 6.40. The number of esters is 1. The normalized spacial score (nSPS) is 22.6. The van der Waals surface area contributed by atoms with Gasteiger partial charge >= 0.3 is 12.1 Å². The van der Waals surface area contributed by atoms with E-state index in [4.69, 9.17) is 4.74 Å². The van der Waals surface area contributed by atoms with E-state index in [1.807, 2.05) is 0 Å². The Balaban J connectivity index is 2.43. The number of ether oxygens (including phenoxy) is 2. The van der Waals surface area contributed by atoms with Crippen LogP contribution in [-0.4, -0.2) is 48.4 Å². The van der Waals surface area contributed by atoms with Gasteiger partial charge in [-0.2, -0.15) is 0 Å². The molecule has 1 aliphatic heterocycles. The summed E-state index contributed by atoms with van der Waals surface area (Å²) in [4.78, 5) is 23.7. The van der Waals surface area contributed by atoms with Crippen molar-refractivity contribution in [3.8, 4) is 0 Å². The van der Waals surface area contributed by atoms with Gasteiger partial charge in [0.15, 0.2) is 0 Å². The van der Waals surface area contributed by atoms with Crippen LogP contribution in [0.5, 0.6) is 0 Å². The van der Waals surface area contributed by atoms with Gasteiger partial charge in [-0.05, 0) is 24.2 Å². The van der Waals surface area contributed by atoms with Crippen LogP contribution in [0.3, 0.4) is 0 Å². The molecular weight excluding hydrogens is 274 g/mol. The Morgan fingerprint density at radius 1 is 1.38 bits per heavy atom. The fourth-order valence-corrected chi connectivity index (χ4v) is 2.64. The largest absolute Gasteiger partial charge is 0.501 e. The van der Waals surface area contributed by atoms with Crippen LogP contribution in [0, 0.1) is 11.3 Å². The summed E-state index contributed by atoms with van der Waals surface area (Å²) in [5, 5.41) is 9.29. The van der Waals surface area contributed by atoms with Crippen LogP contribution in [0.15, 0.2) is 12.3 Å². The number of hydrogen-bond donors (Lipinski definition) is 1. The van der Waals surface area contributed by atoms with Crippen molar-refractivity contribution < 1.29 is 24.2 Å². The van der Waals surface area contributed by atoms with E-state index in [0.717, 1.165) is 12.8 Å². The number of carbonyl (C=O) groups excluding carboxylic acids is 1. The lowest BCUT2D eigenvalue weighted by Gasteiger charge is -2.33. The molecule has 0 aromatic rings. The molecule has 0 saturated carbocycles. The molecule has 1 fully saturated rings. The standard InChI is InChI=1S/C15H25NO5/c1-15(2,3)12-9-11(10-16(12)14(18)19)5-7-21-8-6-13(17)20-4/h6,8,11-12H,5,7,9-10H2,1-4H3,(H,18,19). The fourth-order valence-electron chi connectivity index (χ4n) is 2.64. The highest BCUT2D eigenvalue weighted by molar-refractivity contribution is 5.81. The van der Waals surface area contributed by atoms with Crippen molar-refractivity contribution >= 4 is 12.1 Å². The van der Waals surface area contributed by atoms with Crippen LogP contribution in [0.4, 0.5) is 4.79 Å². The highest BCUT2D eigenvalue weighted by Crippen LogP contribution is 2.36. The van der Waals surface area contributed by atoms with Gasteiger partial charge in [0.2, 0.25) is 0 Å². The van der Waals surface area contributed by atoms with Crippen LogP contribution in [0.2, 0.25) is 0 Å². The average Bonchev–Trinajstić information content (AvgIpc) is 2.82. The van der Waals surface area contributed by atoms with Gasteiger partial charge in [-0.3, -0.25) is 0 Å². The van der Waals surface area contributed by atoms with Gasteiger partial charge in [0.25, 0.3) is 0 Å². The summed E-state index contributed by atoms with van der Waals surface area (Å²) >= 11 is 0. The molecule has 2 unspecified atom stereocenters. The number of amides is 1. The number of carbonyl (C=O) groups is 2. The molecule has 1 rings (SSSR count). The first-order chi connectivity index (χ1) is 9.75. The maximum absolute atomic E-state index is 11.3. The predicted octanol–water partition coefficient (Wildman–Crippen LogP) is 2.49. The second kappa shape index (κ2) is 7.33. The van der Waals surface area contributed by atoms with Crippen LogP contribution >= 0.6 is 0 Å². The SMILES string of the molecule is COC(=O)C=COCCC1CC(C(C)(C)C)N(C(=O)O)C1. The summed E-state index contributed by atoms with van der Waals surface area (Å²) in [6.07, 6.45) is 3.29. The maximum atomic E-state index is 11.3. The molecule has 0 aromatic carbocycles. The van der Waals surface area contributed by atoms with E-state index < -0.39 is 12.1 Å². The lowest BCUT2D eigenvalue weighted by Crippen LogP contribution is -2.42. The van der Waals surface area contributed by atoms with E-state index in [2.05, 4.69) is 25.5 Å². The first-order valence-electron chi connectivity index (χ1n) is 7.11. The zero-order valence-corrected chi connectivity index (χ0v) is 13.2. The number of likely N-dealkylation sites (tertiary alicyclic amines) is 1. The third kappa shape index (κ3) is 5.28. The third-order valence-corrected chi connectivity index (χ3v) is 3.78. The van der Waals surface area contributed by atoms with Gasteiger partial charge in [-0.25, -0.2) is 9.59 Å². The predicted molar refractivity (Wildman–Crippen MR) is 77.8 cm³/mol. The molecule has 120 valence electrons. The van der Waals surface area contributed by atoms with Crippen LogP contribution in [-0.2, 0) is 14.3 Å². The van der Waals surface area contributed by atoms with E-state index in [-0.39, 0.29) is 17.4 Å². The van der Waals surface area contributed by atoms with Gasteiger partial charge in [0.05, 0.1) is 26.1 Å². The smallest absolute Gasteiger partial charge is 0.407 e. The molecule has 1 amide bonds. The van der Waals surface area contributed by atoms with Gasteiger partial charge < -0.3 is 19.5 Å². The molecule has 0 bridgehead atoms. The number of nitrogens with zero attached hydrogens (tertiary/aromatic N) is 1. The second-order valence-corrected chi connectivity index (χ2v) is 6.40. The summed E-state index contributed by atoms with van der Waals surface area (Å²) in [7, 11) is 1.30. The molecule has 1 heterocycles. The highest BCUT2D eigenvalue weighted by atomic mass is 16.5. The summed E-state index contributed by atoms with van der Waals surface area (Å²) in [5.74, 6) is -0.169. The number of hydrogen-bond acceptors (Lipinski definition) is 4.